The van der Waals surface area contributed by atoms with Crippen molar-refractivity contribution in [3.63, 3.8) is 0 Å². The Kier molecular flexibility index (Phi) is 3.45. The van der Waals surface area contributed by atoms with Gasteiger partial charge in [-0.3, -0.25) is 4.79 Å². The second kappa shape index (κ2) is 4.74. The SMILES string of the molecule is O=C(NC1COC1)c1ccc(C(F)(F)F)nc1Cl. The van der Waals surface area contributed by atoms with Crippen LogP contribution in [0.5, 0.6) is 0 Å². The van der Waals surface area contributed by atoms with Crippen LogP contribution in [-0.4, -0.2) is 30.1 Å². The van der Waals surface area contributed by atoms with Crippen LogP contribution in [0.4, 0.5) is 13.2 Å². The Balaban J connectivity index is 2.16. The molecule has 0 atom stereocenters. The smallest absolute Gasteiger partial charge is 0.377 e. The summed E-state index contributed by atoms with van der Waals surface area (Å²) in [6, 6.07) is 1.60. The maximum absolute atomic E-state index is 12.3. The summed E-state index contributed by atoms with van der Waals surface area (Å²) in [6.07, 6.45) is -4.58. The van der Waals surface area contributed by atoms with Gasteiger partial charge in [0.1, 0.15) is 10.8 Å². The number of amides is 1. The lowest BCUT2D eigenvalue weighted by molar-refractivity contribution is -0.141. The van der Waals surface area contributed by atoms with E-state index in [4.69, 9.17) is 16.3 Å². The highest BCUT2D eigenvalue weighted by Crippen LogP contribution is 2.29. The van der Waals surface area contributed by atoms with Crippen LogP contribution < -0.4 is 5.32 Å². The number of hydrogen-bond donors (Lipinski definition) is 1. The lowest BCUT2D eigenvalue weighted by Crippen LogP contribution is -2.48. The summed E-state index contributed by atoms with van der Waals surface area (Å²) in [7, 11) is 0. The first kappa shape index (κ1) is 13.1. The highest BCUT2D eigenvalue weighted by molar-refractivity contribution is 6.32. The Morgan fingerprint density at radius 1 is 1.44 bits per heavy atom. The summed E-state index contributed by atoms with van der Waals surface area (Å²) in [4.78, 5) is 14.8. The van der Waals surface area contributed by atoms with Gasteiger partial charge < -0.3 is 10.1 Å². The van der Waals surface area contributed by atoms with Crippen molar-refractivity contribution in [3.8, 4) is 0 Å². The van der Waals surface area contributed by atoms with Crippen LogP contribution in [0, 0.1) is 0 Å². The normalized spacial score (nSPS) is 16.2. The van der Waals surface area contributed by atoms with Gasteiger partial charge in [-0.05, 0) is 12.1 Å². The van der Waals surface area contributed by atoms with Crippen LogP contribution in [0.15, 0.2) is 12.1 Å². The second-order valence-corrected chi connectivity index (χ2v) is 4.10. The molecular weight excluding hydrogens is 273 g/mol. The molecule has 2 heterocycles. The summed E-state index contributed by atoms with van der Waals surface area (Å²) in [6.45, 7) is 0.773. The number of pyridine rings is 1. The molecule has 0 bridgehead atoms. The minimum atomic E-state index is -4.58. The number of halogens is 4. The van der Waals surface area contributed by atoms with Crippen LogP contribution in [-0.2, 0) is 10.9 Å². The molecule has 0 unspecified atom stereocenters. The van der Waals surface area contributed by atoms with Gasteiger partial charge in [-0.1, -0.05) is 11.6 Å². The fourth-order valence-corrected chi connectivity index (χ4v) is 1.58. The molecule has 18 heavy (non-hydrogen) atoms. The quantitative estimate of drug-likeness (QED) is 0.842. The first-order chi connectivity index (χ1) is 8.38. The topological polar surface area (TPSA) is 51.2 Å². The Morgan fingerprint density at radius 3 is 2.56 bits per heavy atom. The fraction of sp³-hybridized carbons (Fsp3) is 0.400. The van der Waals surface area contributed by atoms with E-state index >= 15 is 0 Å². The molecule has 1 N–H and O–H groups in total. The lowest BCUT2D eigenvalue weighted by Gasteiger charge is -2.26. The van der Waals surface area contributed by atoms with E-state index in [1.807, 2.05) is 0 Å². The number of rotatable bonds is 2. The van der Waals surface area contributed by atoms with Crippen LogP contribution in [0.1, 0.15) is 16.1 Å². The minimum absolute atomic E-state index is 0.0865. The number of hydrogen-bond acceptors (Lipinski definition) is 3. The van der Waals surface area contributed by atoms with Crippen molar-refractivity contribution in [1.82, 2.24) is 10.3 Å². The number of carbonyl (C=O) groups is 1. The minimum Gasteiger partial charge on any atom is -0.377 e. The third-order valence-corrected chi connectivity index (χ3v) is 2.65. The average molecular weight is 281 g/mol. The van der Waals surface area contributed by atoms with Gasteiger partial charge in [-0.25, -0.2) is 4.98 Å². The third kappa shape index (κ3) is 2.73. The molecule has 0 aromatic carbocycles. The number of aromatic nitrogens is 1. The molecule has 1 amide bonds. The van der Waals surface area contributed by atoms with E-state index in [0.29, 0.717) is 13.2 Å². The van der Waals surface area contributed by atoms with Gasteiger partial charge in [0.15, 0.2) is 0 Å². The second-order valence-electron chi connectivity index (χ2n) is 3.74. The average Bonchev–Trinajstić information content (AvgIpc) is 2.21. The first-order valence-corrected chi connectivity index (χ1v) is 5.38. The van der Waals surface area contributed by atoms with Crippen LogP contribution in [0.2, 0.25) is 5.15 Å². The number of carbonyl (C=O) groups excluding carboxylic acids is 1. The number of nitrogens with zero attached hydrogens (tertiary/aromatic N) is 1. The molecule has 1 aliphatic rings. The lowest BCUT2D eigenvalue weighted by atomic mass is 10.2. The van der Waals surface area contributed by atoms with E-state index < -0.39 is 22.9 Å². The Hall–Kier alpha value is -1.34. The largest absolute Gasteiger partial charge is 0.433 e. The summed E-state index contributed by atoms with van der Waals surface area (Å²) in [5, 5.41) is 2.09. The number of alkyl halides is 3. The maximum atomic E-state index is 12.3. The molecular formula is C10H8ClF3N2O2. The maximum Gasteiger partial charge on any atom is 0.433 e. The van der Waals surface area contributed by atoms with Crippen molar-refractivity contribution in [2.75, 3.05) is 13.2 Å². The predicted octanol–water partition coefficient (Wildman–Crippen LogP) is 1.88. The Labute approximate surface area is 105 Å². The predicted molar refractivity (Wildman–Crippen MR) is 56.3 cm³/mol. The number of nitrogens with one attached hydrogen (secondary N) is 1. The van der Waals surface area contributed by atoms with Gasteiger partial charge in [0.2, 0.25) is 0 Å². The van der Waals surface area contributed by atoms with Crippen molar-refractivity contribution < 1.29 is 22.7 Å². The van der Waals surface area contributed by atoms with Crippen molar-refractivity contribution in [3.05, 3.63) is 28.5 Å². The molecule has 0 spiro atoms. The zero-order valence-electron chi connectivity index (χ0n) is 8.92. The summed E-state index contributed by atoms with van der Waals surface area (Å²) in [5.41, 5.74) is -1.22. The van der Waals surface area contributed by atoms with Crippen molar-refractivity contribution in [1.29, 1.82) is 0 Å². The molecule has 4 nitrogen and oxygen atoms in total. The molecule has 1 aromatic heterocycles. The fourth-order valence-electron chi connectivity index (χ4n) is 1.34. The molecule has 1 saturated heterocycles. The summed E-state index contributed by atoms with van der Waals surface area (Å²) >= 11 is 5.57. The van der Waals surface area contributed by atoms with Gasteiger partial charge in [-0.2, -0.15) is 13.2 Å². The summed E-state index contributed by atoms with van der Waals surface area (Å²) < 4.78 is 41.9. The van der Waals surface area contributed by atoms with E-state index in [1.54, 1.807) is 0 Å². The highest BCUT2D eigenvalue weighted by atomic mass is 35.5. The number of ether oxygens (including phenoxy) is 1. The van der Waals surface area contributed by atoms with Crippen molar-refractivity contribution >= 4 is 17.5 Å². The molecule has 1 aliphatic heterocycles. The molecule has 98 valence electrons. The van der Waals surface area contributed by atoms with E-state index in [-0.39, 0.29) is 11.6 Å². The van der Waals surface area contributed by atoms with E-state index in [2.05, 4.69) is 10.3 Å². The van der Waals surface area contributed by atoms with Crippen molar-refractivity contribution in [2.45, 2.75) is 12.2 Å². The van der Waals surface area contributed by atoms with Crippen LogP contribution in [0.3, 0.4) is 0 Å². The zero-order chi connectivity index (χ0) is 13.3. The zero-order valence-corrected chi connectivity index (χ0v) is 9.68. The highest BCUT2D eigenvalue weighted by Gasteiger charge is 2.33. The van der Waals surface area contributed by atoms with Gasteiger partial charge in [0.25, 0.3) is 5.91 Å². The van der Waals surface area contributed by atoms with Gasteiger partial charge >= 0.3 is 6.18 Å². The van der Waals surface area contributed by atoms with Crippen molar-refractivity contribution in [2.24, 2.45) is 0 Å². The Bertz CT molecular complexity index is 475. The van der Waals surface area contributed by atoms with Gasteiger partial charge in [0, 0.05) is 0 Å². The molecule has 1 aromatic rings. The Morgan fingerprint density at radius 2 is 2.11 bits per heavy atom. The molecule has 2 rings (SSSR count). The first-order valence-electron chi connectivity index (χ1n) is 5.00. The monoisotopic (exact) mass is 280 g/mol. The van der Waals surface area contributed by atoms with Gasteiger partial charge in [0.05, 0.1) is 24.8 Å². The van der Waals surface area contributed by atoms with Crippen LogP contribution in [0.25, 0.3) is 0 Å². The third-order valence-electron chi connectivity index (χ3n) is 2.36. The standard InChI is InChI=1S/C10H8ClF3N2O2/c11-8-6(9(17)15-5-3-18-4-5)1-2-7(16-8)10(12,13)14/h1-2,5H,3-4H2,(H,15,17). The van der Waals surface area contributed by atoms with E-state index in [9.17, 15) is 18.0 Å². The van der Waals surface area contributed by atoms with Gasteiger partial charge in [-0.15, -0.1) is 0 Å². The summed E-state index contributed by atoms with van der Waals surface area (Å²) in [5.74, 6) is -0.561. The molecule has 1 fully saturated rings. The van der Waals surface area contributed by atoms with E-state index in [0.717, 1.165) is 12.1 Å². The molecule has 0 saturated carbocycles. The van der Waals surface area contributed by atoms with E-state index in [1.165, 1.54) is 0 Å². The molecule has 0 aliphatic carbocycles. The van der Waals surface area contributed by atoms with Crippen LogP contribution >= 0.6 is 11.6 Å². The molecule has 0 radical (unpaired) electrons. The molecule has 8 heteroatoms.